The first kappa shape index (κ1) is 11.0. The Morgan fingerprint density at radius 3 is 3.00 bits per heavy atom. The summed E-state index contributed by atoms with van der Waals surface area (Å²) in [5.74, 6) is 0. The summed E-state index contributed by atoms with van der Waals surface area (Å²) in [7, 11) is 1.70. The van der Waals surface area contributed by atoms with Gasteiger partial charge in [-0.25, -0.2) is 0 Å². The number of rotatable bonds is 5. The van der Waals surface area contributed by atoms with Crippen LogP contribution in [0.15, 0.2) is 30.5 Å². The minimum atomic E-state index is 0.649. The van der Waals surface area contributed by atoms with Gasteiger partial charge in [-0.15, -0.1) is 5.10 Å². The summed E-state index contributed by atoms with van der Waals surface area (Å²) in [6.45, 7) is 1.43. The van der Waals surface area contributed by atoms with E-state index in [2.05, 4.69) is 33.1 Å². The average molecular weight is 235 g/mol. The highest BCUT2D eigenvalue weighted by Gasteiger charge is 1.98. The van der Waals surface area contributed by atoms with Crippen LogP contribution in [0.4, 0.5) is 5.00 Å². The van der Waals surface area contributed by atoms with Gasteiger partial charge < -0.3 is 10.1 Å². The zero-order chi connectivity index (χ0) is 11.2. The van der Waals surface area contributed by atoms with Crippen molar-refractivity contribution < 1.29 is 4.74 Å². The van der Waals surface area contributed by atoms with Gasteiger partial charge in [-0.1, -0.05) is 28.8 Å². The van der Waals surface area contributed by atoms with Crippen LogP contribution in [-0.4, -0.2) is 16.7 Å². The molecule has 84 valence electrons. The van der Waals surface area contributed by atoms with Crippen molar-refractivity contribution in [3.63, 3.8) is 0 Å². The molecule has 0 aliphatic heterocycles. The lowest BCUT2D eigenvalue weighted by molar-refractivity contribution is 0.185. The Morgan fingerprint density at radius 1 is 1.38 bits per heavy atom. The van der Waals surface area contributed by atoms with Gasteiger partial charge in [0.05, 0.1) is 12.8 Å². The highest BCUT2D eigenvalue weighted by atomic mass is 32.1. The van der Waals surface area contributed by atoms with E-state index in [9.17, 15) is 0 Å². The summed E-state index contributed by atoms with van der Waals surface area (Å²) < 4.78 is 8.89. The second-order valence-corrected chi connectivity index (χ2v) is 4.17. The topological polar surface area (TPSA) is 47.0 Å². The van der Waals surface area contributed by atoms with Gasteiger partial charge in [-0.2, -0.15) is 0 Å². The van der Waals surface area contributed by atoms with Crippen LogP contribution in [0.5, 0.6) is 0 Å². The third-order valence-corrected chi connectivity index (χ3v) is 2.75. The van der Waals surface area contributed by atoms with E-state index in [1.807, 2.05) is 6.07 Å². The van der Waals surface area contributed by atoms with Crippen molar-refractivity contribution in [2.45, 2.75) is 13.2 Å². The molecule has 1 N–H and O–H groups in total. The molecule has 2 aromatic rings. The van der Waals surface area contributed by atoms with Crippen molar-refractivity contribution >= 4 is 16.5 Å². The molecule has 0 saturated carbocycles. The number of ether oxygens (including phenoxy) is 1. The van der Waals surface area contributed by atoms with Gasteiger partial charge in [0.25, 0.3) is 0 Å². The predicted octanol–water partition coefficient (Wildman–Crippen LogP) is 2.30. The summed E-state index contributed by atoms with van der Waals surface area (Å²) in [6, 6.07) is 8.31. The minimum absolute atomic E-state index is 0.649. The fourth-order valence-corrected chi connectivity index (χ4v) is 1.84. The maximum absolute atomic E-state index is 5.09. The van der Waals surface area contributed by atoms with Gasteiger partial charge in [0, 0.05) is 25.2 Å². The van der Waals surface area contributed by atoms with Crippen LogP contribution >= 0.6 is 11.5 Å². The molecule has 0 unspecified atom stereocenters. The lowest BCUT2D eigenvalue weighted by atomic mass is 10.1. The minimum Gasteiger partial charge on any atom is -0.380 e. The third-order valence-electron chi connectivity index (χ3n) is 2.13. The second-order valence-electron chi connectivity index (χ2n) is 3.39. The molecule has 0 aliphatic rings. The maximum atomic E-state index is 5.09. The van der Waals surface area contributed by atoms with E-state index in [1.54, 1.807) is 13.3 Å². The monoisotopic (exact) mass is 235 g/mol. The van der Waals surface area contributed by atoms with Gasteiger partial charge in [0.2, 0.25) is 0 Å². The fraction of sp³-hybridized carbons (Fsp3) is 0.273. The number of anilines is 1. The Bertz CT molecular complexity index is 431. The Labute approximate surface area is 98.4 Å². The molecule has 5 heteroatoms. The molecule has 0 bridgehead atoms. The van der Waals surface area contributed by atoms with E-state index in [-0.39, 0.29) is 0 Å². The first-order valence-corrected chi connectivity index (χ1v) is 5.74. The SMILES string of the molecule is COCc1cccc(CNc2cnns2)c1. The molecule has 0 amide bonds. The Morgan fingerprint density at radius 2 is 2.25 bits per heavy atom. The molecule has 0 aliphatic carbocycles. The summed E-state index contributed by atoms with van der Waals surface area (Å²) >= 11 is 1.36. The molecule has 1 heterocycles. The highest BCUT2D eigenvalue weighted by molar-refractivity contribution is 7.09. The van der Waals surface area contributed by atoms with Crippen LogP contribution in [-0.2, 0) is 17.9 Å². The number of nitrogens with one attached hydrogen (secondary N) is 1. The first-order chi connectivity index (χ1) is 7.88. The van der Waals surface area contributed by atoms with E-state index >= 15 is 0 Å². The molecule has 1 aromatic carbocycles. The van der Waals surface area contributed by atoms with Crippen LogP contribution in [0.1, 0.15) is 11.1 Å². The van der Waals surface area contributed by atoms with Crippen LogP contribution in [0.3, 0.4) is 0 Å². The van der Waals surface area contributed by atoms with Crippen molar-refractivity contribution in [3.05, 3.63) is 41.6 Å². The fourth-order valence-electron chi connectivity index (χ4n) is 1.43. The molecule has 1 aromatic heterocycles. The van der Waals surface area contributed by atoms with Gasteiger partial charge in [-0.05, 0) is 11.1 Å². The van der Waals surface area contributed by atoms with Gasteiger partial charge >= 0.3 is 0 Å². The molecule has 2 rings (SSSR count). The quantitative estimate of drug-likeness (QED) is 0.863. The lowest BCUT2D eigenvalue weighted by Crippen LogP contribution is -1.98. The van der Waals surface area contributed by atoms with Crippen LogP contribution < -0.4 is 5.32 Å². The zero-order valence-corrected chi connectivity index (χ0v) is 9.83. The van der Waals surface area contributed by atoms with Crippen molar-refractivity contribution in [3.8, 4) is 0 Å². The first-order valence-electron chi connectivity index (χ1n) is 4.96. The Kier molecular flexibility index (Phi) is 3.85. The lowest BCUT2D eigenvalue weighted by Gasteiger charge is -2.05. The van der Waals surface area contributed by atoms with Gasteiger partial charge in [-0.3, -0.25) is 0 Å². The smallest absolute Gasteiger partial charge is 0.130 e. The van der Waals surface area contributed by atoms with Crippen molar-refractivity contribution in [2.75, 3.05) is 12.4 Å². The molecule has 0 radical (unpaired) electrons. The molecule has 4 nitrogen and oxygen atoms in total. The molecule has 0 fully saturated rings. The normalized spacial score (nSPS) is 10.3. The predicted molar refractivity (Wildman–Crippen MR) is 64.4 cm³/mol. The maximum Gasteiger partial charge on any atom is 0.130 e. The van der Waals surface area contributed by atoms with E-state index in [0.29, 0.717) is 6.61 Å². The summed E-state index contributed by atoms with van der Waals surface area (Å²) in [5, 5.41) is 8.01. The van der Waals surface area contributed by atoms with Crippen molar-refractivity contribution in [2.24, 2.45) is 0 Å². The van der Waals surface area contributed by atoms with E-state index < -0.39 is 0 Å². The van der Waals surface area contributed by atoms with Gasteiger partial charge in [0.1, 0.15) is 5.00 Å². The number of methoxy groups -OCH3 is 1. The Balaban J connectivity index is 1.96. The summed E-state index contributed by atoms with van der Waals surface area (Å²) in [4.78, 5) is 0. The molecule has 0 saturated heterocycles. The summed E-state index contributed by atoms with van der Waals surface area (Å²) in [6.07, 6.45) is 1.73. The number of aromatic nitrogens is 2. The Hall–Kier alpha value is -1.46. The number of benzene rings is 1. The van der Waals surface area contributed by atoms with Crippen LogP contribution in [0, 0.1) is 0 Å². The highest BCUT2D eigenvalue weighted by Crippen LogP contribution is 2.12. The molecule has 0 atom stereocenters. The molecule has 0 spiro atoms. The van der Waals surface area contributed by atoms with E-state index in [0.717, 1.165) is 11.5 Å². The molecular formula is C11H13N3OS. The van der Waals surface area contributed by atoms with E-state index in [4.69, 9.17) is 4.74 Å². The summed E-state index contributed by atoms with van der Waals surface area (Å²) in [5.41, 5.74) is 2.41. The number of nitrogens with zero attached hydrogens (tertiary/aromatic N) is 2. The van der Waals surface area contributed by atoms with Crippen LogP contribution in [0.25, 0.3) is 0 Å². The number of hydrogen-bond donors (Lipinski definition) is 1. The largest absolute Gasteiger partial charge is 0.380 e. The van der Waals surface area contributed by atoms with Crippen molar-refractivity contribution in [1.82, 2.24) is 9.59 Å². The third kappa shape index (κ3) is 3.01. The average Bonchev–Trinajstić information content (AvgIpc) is 2.80. The standard InChI is InChI=1S/C11H13N3OS/c1-15-8-10-4-2-3-9(5-10)6-12-11-7-13-14-16-11/h2-5,7,12H,6,8H2,1H3. The zero-order valence-electron chi connectivity index (χ0n) is 9.01. The second kappa shape index (κ2) is 5.58. The van der Waals surface area contributed by atoms with E-state index in [1.165, 1.54) is 22.7 Å². The molecular weight excluding hydrogens is 222 g/mol. The number of hydrogen-bond acceptors (Lipinski definition) is 5. The van der Waals surface area contributed by atoms with Crippen molar-refractivity contribution in [1.29, 1.82) is 0 Å². The van der Waals surface area contributed by atoms with Gasteiger partial charge in [0.15, 0.2) is 0 Å². The molecule has 16 heavy (non-hydrogen) atoms. The van der Waals surface area contributed by atoms with Crippen LogP contribution in [0.2, 0.25) is 0 Å².